The summed E-state index contributed by atoms with van der Waals surface area (Å²) in [6, 6.07) is 0. The van der Waals surface area contributed by atoms with Crippen molar-refractivity contribution in [3.63, 3.8) is 0 Å². The fourth-order valence-corrected chi connectivity index (χ4v) is 4.69. The SMILES string of the molecule is C#CC[C@H]1O[C@H]2O[C@H](COC(C)=O)[C@@H](OC(C)=O)[C@H](OC(C)=O)[C@H]2[C@@H]1CI. The lowest BCUT2D eigenvalue weighted by Gasteiger charge is -2.43. The van der Waals surface area contributed by atoms with E-state index in [2.05, 4.69) is 28.5 Å². The highest BCUT2D eigenvalue weighted by atomic mass is 127. The Morgan fingerprint density at radius 1 is 1.00 bits per heavy atom. The summed E-state index contributed by atoms with van der Waals surface area (Å²) >= 11 is 2.22. The summed E-state index contributed by atoms with van der Waals surface area (Å²) in [6.45, 7) is 3.63. The number of rotatable bonds is 6. The number of carbonyl (C=O) groups is 3. The van der Waals surface area contributed by atoms with Crippen LogP contribution in [0, 0.1) is 24.2 Å². The molecule has 2 aliphatic rings. The molecule has 8 nitrogen and oxygen atoms in total. The summed E-state index contributed by atoms with van der Waals surface area (Å²) < 4.78 is 28.6. The van der Waals surface area contributed by atoms with Crippen LogP contribution in [0.1, 0.15) is 27.2 Å². The second kappa shape index (κ2) is 9.71. The summed E-state index contributed by atoms with van der Waals surface area (Å²) in [6.07, 6.45) is 2.29. The number of fused-ring (bicyclic) bond motifs is 1. The summed E-state index contributed by atoms with van der Waals surface area (Å²) in [5.74, 6) is 0.596. The predicted molar refractivity (Wildman–Crippen MR) is 101 cm³/mol. The average Bonchev–Trinajstić information content (AvgIpc) is 2.91. The molecule has 0 aromatic carbocycles. The summed E-state index contributed by atoms with van der Waals surface area (Å²) in [4.78, 5) is 34.6. The monoisotopic (exact) mass is 494 g/mol. The Morgan fingerprint density at radius 2 is 1.59 bits per heavy atom. The molecule has 2 rings (SSSR count). The van der Waals surface area contributed by atoms with Gasteiger partial charge in [-0.25, -0.2) is 0 Å². The van der Waals surface area contributed by atoms with Crippen molar-refractivity contribution >= 4 is 40.5 Å². The zero-order chi connectivity index (χ0) is 20.1. The highest BCUT2D eigenvalue weighted by molar-refractivity contribution is 14.1. The Labute approximate surface area is 171 Å². The molecule has 2 fully saturated rings. The maximum Gasteiger partial charge on any atom is 0.303 e. The van der Waals surface area contributed by atoms with Gasteiger partial charge in [-0.15, -0.1) is 12.3 Å². The zero-order valence-electron chi connectivity index (χ0n) is 15.4. The van der Waals surface area contributed by atoms with Gasteiger partial charge in [0.25, 0.3) is 0 Å². The van der Waals surface area contributed by atoms with Gasteiger partial charge in [0.05, 0.1) is 12.0 Å². The first-order chi connectivity index (χ1) is 12.8. The summed E-state index contributed by atoms with van der Waals surface area (Å²) in [7, 11) is 0. The standard InChI is InChI=1S/C18H23IO8/c1-5-6-13-12(7-19)15-17(25-11(4)22)16(24-10(3)21)14(8-23-9(2)20)27-18(15)26-13/h1,12-18H,6-8H2,2-4H3/t12-,13-,14-,15-,16-,17-,18+/m1/s1. The van der Waals surface area contributed by atoms with Crippen LogP contribution in [0.2, 0.25) is 0 Å². The Morgan fingerprint density at radius 3 is 2.11 bits per heavy atom. The van der Waals surface area contributed by atoms with Gasteiger partial charge in [0, 0.05) is 37.5 Å². The van der Waals surface area contributed by atoms with Crippen LogP contribution in [0.5, 0.6) is 0 Å². The number of carbonyl (C=O) groups excluding carboxylic acids is 3. The molecule has 0 amide bonds. The molecule has 7 atom stereocenters. The first-order valence-electron chi connectivity index (χ1n) is 8.56. The van der Waals surface area contributed by atoms with Crippen LogP contribution >= 0.6 is 22.6 Å². The van der Waals surface area contributed by atoms with Gasteiger partial charge in [0.2, 0.25) is 0 Å². The molecule has 2 aliphatic heterocycles. The van der Waals surface area contributed by atoms with E-state index in [1.54, 1.807) is 0 Å². The molecule has 0 aromatic heterocycles. The number of esters is 3. The van der Waals surface area contributed by atoms with E-state index in [1.807, 2.05) is 0 Å². The summed E-state index contributed by atoms with van der Waals surface area (Å²) in [5, 5.41) is 0. The van der Waals surface area contributed by atoms with Gasteiger partial charge in [-0.3, -0.25) is 14.4 Å². The third-order valence-corrected chi connectivity index (χ3v) is 5.54. The second-order valence-electron chi connectivity index (χ2n) is 6.47. The van der Waals surface area contributed by atoms with Crippen LogP contribution < -0.4 is 0 Å². The van der Waals surface area contributed by atoms with Crippen LogP contribution in [0.3, 0.4) is 0 Å². The van der Waals surface area contributed by atoms with Gasteiger partial charge in [0.15, 0.2) is 12.4 Å². The van der Waals surface area contributed by atoms with Crippen LogP contribution in [0.15, 0.2) is 0 Å². The zero-order valence-corrected chi connectivity index (χ0v) is 17.5. The fraction of sp³-hybridized carbons (Fsp3) is 0.722. The van der Waals surface area contributed by atoms with E-state index in [0.717, 1.165) is 0 Å². The molecule has 2 saturated heterocycles. The summed E-state index contributed by atoms with van der Waals surface area (Å²) in [5.41, 5.74) is 0. The van der Waals surface area contributed by atoms with Crippen molar-refractivity contribution in [2.75, 3.05) is 11.0 Å². The first kappa shape index (κ1) is 21.9. The van der Waals surface area contributed by atoms with Gasteiger partial charge in [-0.1, -0.05) is 22.6 Å². The lowest BCUT2D eigenvalue weighted by molar-refractivity contribution is -0.273. The normalized spacial score (nSPS) is 34.9. The molecule has 27 heavy (non-hydrogen) atoms. The van der Waals surface area contributed by atoms with Crippen molar-refractivity contribution in [1.29, 1.82) is 0 Å². The van der Waals surface area contributed by atoms with Crippen molar-refractivity contribution in [2.24, 2.45) is 11.8 Å². The van der Waals surface area contributed by atoms with Crippen molar-refractivity contribution in [3.05, 3.63) is 0 Å². The van der Waals surface area contributed by atoms with E-state index >= 15 is 0 Å². The lowest BCUT2D eigenvalue weighted by Crippen LogP contribution is -2.58. The Hall–Kier alpha value is -1.38. The third kappa shape index (κ3) is 5.33. The van der Waals surface area contributed by atoms with Gasteiger partial charge in [0.1, 0.15) is 18.8 Å². The molecule has 0 aliphatic carbocycles. The Kier molecular flexibility index (Phi) is 7.88. The largest absolute Gasteiger partial charge is 0.463 e. The Bertz CT molecular complexity index is 615. The highest BCUT2D eigenvalue weighted by Crippen LogP contribution is 2.45. The molecule has 0 N–H and O–H groups in total. The van der Waals surface area contributed by atoms with Crippen molar-refractivity contribution in [2.45, 2.75) is 57.9 Å². The topological polar surface area (TPSA) is 97.4 Å². The van der Waals surface area contributed by atoms with Crippen molar-refractivity contribution in [3.8, 4) is 12.3 Å². The van der Waals surface area contributed by atoms with Gasteiger partial charge >= 0.3 is 17.9 Å². The molecule has 0 saturated carbocycles. The number of alkyl halides is 1. The number of hydrogen-bond donors (Lipinski definition) is 0. The highest BCUT2D eigenvalue weighted by Gasteiger charge is 2.58. The Balaban J connectivity index is 2.36. The van der Waals surface area contributed by atoms with Gasteiger partial charge < -0.3 is 23.7 Å². The van der Waals surface area contributed by atoms with Gasteiger partial charge in [-0.2, -0.15) is 0 Å². The lowest BCUT2D eigenvalue weighted by atomic mass is 9.81. The molecule has 0 unspecified atom stereocenters. The van der Waals surface area contributed by atoms with Crippen molar-refractivity contribution in [1.82, 2.24) is 0 Å². The number of hydrogen-bond acceptors (Lipinski definition) is 8. The van der Waals surface area contributed by atoms with Crippen LogP contribution in [-0.4, -0.2) is 59.6 Å². The smallest absolute Gasteiger partial charge is 0.303 e. The minimum Gasteiger partial charge on any atom is -0.463 e. The quantitative estimate of drug-likeness (QED) is 0.179. The van der Waals surface area contributed by atoms with Crippen LogP contribution in [-0.2, 0) is 38.1 Å². The predicted octanol–water partition coefficient (Wildman–Crippen LogP) is 1.23. The molecular formula is C18H23IO8. The van der Waals surface area contributed by atoms with Crippen LogP contribution in [0.4, 0.5) is 0 Å². The molecule has 2 heterocycles. The van der Waals surface area contributed by atoms with E-state index in [0.29, 0.717) is 10.8 Å². The number of terminal acetylenes is 1. The molecule has 0 aromatic rings. The van der Waals surface area contributed by atoms with E-state index < -0.39 is 42.5 Å². The third-order valence-electron chi connectivity index (χ3n) is 4.53. The second-order valence-corrected chi connectivity index (χ2v) is 7.35. The average molecular weight is 494 g/mol. The molecule has 0 bridgehead atoms. The van der Waals surface area contributed by atoms with E-state index in [1.165, 1.54) is 20.8 Å². The number of halogens is 1. The maximum atomic E-state index is 11.7. The van der Waals surface area contributed by atoms with E-state index in [4.69, 9.17) is 30.1 Å². The molecule has 0 radical (unpaired) electrons. The number of ether oxygens (including phenoxy) is 5. The first-order valence-corrected chi connectivity index (χ1v) is 10.1. The van der Waals surface area contributed by atoms with E-state index in [9.17, 15) is 14.4 Å². The maximum absolute atomic E-state index is 11.7. The minimum absolute atomic E-state index is 0.0521. The molecular weight excluding hydrogens is 471 g/mol. The van der Waals surface area contributed by atoms with Gasteiger partial charge in [-0.05, 0) is 0 Å². The molecule has 0 spiro atoms. The van der Waals surface area contributed by atoms with Crippen LogP contribution in [0.25, 0.3) is 0 Å². The molecule has 150 valence electrons. The minimum atomic E-state index is -0.925. The molecule has 9 heteroatoms. The van der Waals surface area contributed by atoms with E-state index in [-0.39, 0.29) is 24.5 Å². The van der Waals surface area contributed by atoms with Crippen molar-refractivity contribution < 1.29 is 38.1 Å². The fourth-order valence-electron chi connectivity index (χ4n) is 3.54.